The lowest BCUT2D eigenvalue weighted by Crippen LogP contribution is -2.04. The van der Waals surface area contributed by atoms with Crippen LogP contribution in [0.2, 0.25) is 0 Å². The lowest BCUT2D eigenvalue weighted by molar-refractivity contribution is 0.202. The number of anilines is 1. The van der Waals surface area contributed by atoms with Crippen LogP contribution >= 0.6 is 15.9 Å². The minimum absolute atomic E-state index is 0.259. The molecule has 0 saturated carbocycles. The Bertz CT molecular complexity index is 572. The number of nitrogens with one attached hydrogen (secondary N) is 1. The predicted octanol–water partition coefficient (Wildman–Crippen LogP) is 3.96. The van der Waals surface area contributed by atoms with Crippen LogP contribution in [0.3, 0.4) is 0 Å². The van der Waals surface area contributed by atoms with E-state index in [0.29, 0.717) is 17.6 Å². The average molecular weight is 336 g/mol. The molecule has 2 aromatic carbocycles. The van der Waals surface area contributed by atoms with Gasteiger partial charge in [-0.05, 0) is 51.7 Å². The first-order valence-electron chi connectivity index (χ1n) is 6.49. The van der Waals surface area contributed by atoms with Gasteiger partial charge in [0.05, 0.1) is 11.1 Å². The van der Waals surface area contributed by atoms with Crippen molar-refractivity contribution in [1.29, 1.82) is 0 Å². The maximum absolute atomic E-state index is 9.49. The molecule has 0 bridgehead atoms. The number of phenolic OH excluding ortho intramolecular Hbond substituents is 1. The molecule has 0 radical (unpaired) electrons. The summed E-state index contributed by atoms with van der Waals surface area (Å²) in [6.45, 7) is 1.42. The number of hydrogen-bond donors (Lipinski definition) is 2. The molecule has 2 aromatic rings. The number of aromatic hydroxyl groups is 1. The molecular formula is C16H18BrNO2. The lowest BCUT2D eigenvalue weighted by Gasteiger charge is -2.12. The van der Waals surface area contributed by atoms with Gasteiger partial charge in [-0.15, -0.1) is 0 Å². The standard InChI is InChI=1S/C16H18BrNO2/c1-20-9-8-13-4-2-3-5-15(13)18-11-12-6-7-16(19)14(17)10-12/h2-7,10,18-19H,8-9,11H2,1H3. The van der Waals surface area contributed by atoms with E-state index in [1.54, 1.807) is 13.2 Å². The maximum atomic E-state index is 9.49. The molecule has 0 fully saturated rings. The van der Waals surface area contributed by atoms with Crippen molar-refractivity contribution >= 4 is 21.6 Å². The van der Waals surface area contributed by atoms with Crippen LogP contribution in [0.5, 0.6) is 5.75 Å². The molecule has 0 spiro atoms. The fourth-order valence-electron chi connectivity index (χ4n) is 1.98. The fourth-order valence-corrected chi connectivity index (χ4v) is 2.41. The number of phenols is 1. The summed E-state index contributed by atoms with van der Waals surface area (Å²) in [6, 6.07) is 13.7. The Morgan fingerprint density at radius 3 is 2.75 bits per heavy atom. The third-order valence-corrected chi connectivity index (χ3v) is 3.72. The largest absolute Gasteiger partial charge is 0.507 e. The van der Waals surface area contributed by atoms with Gasteiger partial charge in [-0.3, -0.25) is 0 Å². The first-order chi connectivity index (χ1) is 9.70. The van der Waals surface area contributed by atoms with Gasteiger partial charge in [-0.2, -0.15) is 0 Å². The first kappa shape index (κ1) is 14.9. The number of rotatable bonds is 6. The third-order valence-electron chi connectivity index (χ3n) is 3.09. The zero-order chi connectivity index (χ0) is 14.4. The van der Waals surface area contributed by atoms with Crippen LogP contribution in [-0.4, -0.2) is 18.8 Å². The van der Waals surface area contributed by atoms with Crippen LogP contribution in [0.15, 0.2) is 46.9 Å². The Labute approximate surface area is 127 Å². The Morgan fingerprint density at radius 2 is 2.00 bits per heavy atom. The number of benzene rings is 2. The molecule has 4 heteroatoms. The van der Waals surface area contributed by atoms with Crippen molar-refractivity contribution in [2.24, 2.45) is 0 Å². The molecular weight excluding hydrogens is 318 g/mol. The highest BCUT2D eigenvalue weighted by Crippen LogP contribution is 2.25. The van der Waals surface area contributed by atoms with Gasteiger partial charge >= 0.3 is 0 Å². The summed E-state index contributed by atoms with van der Waals surface area (Å²) in [5, 5.41) is 12.9. The van der Waals surface area contributed by atoms with Crippen LogP contribution in [0.4, 0.5) is 5.69 Å². The predicted molar refractivity (Wildman–Crippen MR) is 85.2 cm³/mol. The maximum Gasteiger partial charge on any atom is 0.129 e. The Morgan fingerprint density at radius 1 is 1.20 bits per heavy atom. The van der Waals surface area contributed by atoms with Gasteiger partial charge in [0.1, 0.15) is 5.75 Å². The topological polar surface area (TPSA) is 41.5 Å². The summed E-state index contributed by atoms with van der Waals surface area (Å²) in [4.78, 5) is 0. The summed E-state index contributed by atoms with van der Waals surface area (Å²) in [5.74, 6) is 0.259. The molecule has 2 rings (SSSR count). The molecule has 0 unspecified atom stereocenters. The number of methoxy groups -OCH3 is 1. The average Bonchev–Trinajstić information content (AvgIpc) is 2.47. The highest BCUT2D eigenvalue weighted by Gasteiger charge is 2.03. The molecule has 106 valence electrons. The van der Waals surface area contributed by atoms with Gasteiger partial charge < -0.3 is 15.2 Å². The fraction of sp³-hybridized carbons (Fsp3) is 0.250. The van der Waals surface area contributed by atoms with Crippen molar-refractivity contribution in [2.75, 3.05) is 19.0 Å². The normalized spacial score (nSPS) is 10.5. The third kappa shape index (κ3) is 3.99. The molecule has 0 atom stereocenters. The number of halogens is 1. The van der Waals surface area contributed by atoms with E-state index in [9.17, 15) is 5.11 Å². The van der Waals surface area contributed by atoms with E-state index in [1.165, 1.54) is 5.56 Å². The summed E-state index contributed by atoms with van der Waals surface area (Å²) in [6.07, 6.45) is 0.888. The number of ether oxygens (including phenoxy) is 1. The van der Waals surface area contributed by atoms with E-state index in [0.717, 1.165) is 17.7 Å². The SMILES string of the molecule is COCCc1ccccc1NCc1ccc(O)c(Br)c1. The minimum Gasteiger partial charge on any atom is -0.507 e. The number of para-hydroxylation sites is 1. The van der Waals surface area contributed by atoms with Gasteiger partial charge in [0.2, 0.25) is 0 Å². The van der Waals surface area contributed by atoms with E-state index >= 15 is 0 Å². The van der Waals surface area contributed by atoms with E-state index in [4.69, 9.17) is 4.74 Å². The Kier molecular flexibility index (Phi) is 5.44. The van der Waals surface area contributed by atoms with Gasteiger partial charge in [0.15, 0.2) is 0 Å². The summed E-state index contributed by atoms with van der Waals surface area (Å²) in [7, 11) is 1.71. The lowest BCUT2D eigenvalue weighted by atomic mass is 10.1. The van der Waals surface area contributed by atoms with Crippen LogP contribution in [0.25, 0.3) is 0 Å². The first-order valence-corrected chi connectivity index (χ1v) is 7.28. The molecule has 0 amide bonds. The van der Waals surface area contributed by atoms with E-state index in [2.05, 4.69) is 33.4 Å². The van der Waals surface area contributed by atoms with E-state index < -0.39 is 0 Å². The van der Waals surface area contributed by atoms with Crippen LogP contribution in [0, 0.1) is 0 Å². The van der Waals surface area contributed by atoms with Gasteiger partial charge in [-0.1, -0.05) is 24.3 Å². The van der Waals surface area contributed by atoms with E-state index in [1.807, 2.05) is 24.3 Å². The number of hydrogen-bond acceptors (Lipinski definition) is 3. The summed E-state index contributed by atoms with van der Waals surface area (Å²) < 4.78 is 5.84. The molecule has 0 aliphatic carbocycles. The van der Waals surface area contributed by atoms with Crippen molar-refractivity contribution in [3.05, 3.63) is 58.1 Å². The zero-order valence-corrected chi connectivity index (χ0v) is 13.0. The molecule has 0 heterocycles. The van der Waals surface area contributed by atoms with E-state index in [-0.39, 0.29) is 5.75 Å². The molecule has 0 aliphatic rings. The van der Waals surface area contributed by atoms with Crippen molar-refractivity contribution in [1.82, 2.24) is 0 Å². The quantitative estimate of drug-likeness (QED) is 0.839. The molecule has 20 heavy (non-hydrogen) atoms. The van der Waals surface area contributed by atoms with Crippen LogP contribution in [-0.2, 0) is 17.7 Å². The van der Waals surface area contributed by atoms with Crippen molar-refractivity contribution < 1.29 is 9.84 Å². The molecule has 2 N–H and O–H groups in total. The minimum atomic E-state index is 0.259. The second-order valence-corrected chi connectivity index (χ2v) is 5.39. The Balaban J connectivity index is 2.04. The van der Waals surface area contributed by atoms with Gasteiger partial charge in [0, 0.05) is 19.3 Å². The Hall–Kier alpha value is -1.52. The van der Waals surface area contributed by atoms with Crippen molar-refractivity contribution in [3.8, 4) is 5.75 Å². The molecule has 0 aliphatic heterocycles. The van der Waals surface area contributed by atoms with Crippen molar-refractivity contribution in [2.45, 2.75) is 13.0 Å². The smallest absolute Gasteiger partial charge is 0.129 e. The van der Waals surface area contributed by atoms with Crippen LogP contribution in [0.1, 0.15) is 11.1 Å². The second kappa shape index (κ2) is 7.31. The summed E-state index contributed by atoms with van der Waals surface area (Å²) >= 11 is 3.33. The molecule has 0 saturated heterocycles. The van der Waals surface area contributed by atoms with Gasteiger partial charge in [-0.25, -0.2) is 0 Å². The highest BCUT2D eigenvalue weighted by atomic mass is 79.9. The highest BCUT2D eigenvalue weighted by molar-refractivity contribution is 9.10. The van der Waals surface area contributed by atoms with Gasteiger partial charge in [0.25, 0.3) is 0 Å². The molecule has 0 aromatic heterocycles. The second-order valence-electron chi connectivity index (χ2n) is 4.54. The molecule has 3 nitrogen and oxygen atoms in total. The zero-order valence-electron chi connectivity index (χ0n) is 11.4. The van der Waals surface area contributed by atoms with Crippen LogP contribution < -0.4 is 5.32 Å². The monoisotopic (exact) mass is 335 g/mol. The van der Waals surface area contributed by atoms with Crippen molar-refractivity contribution in [3.63, 3.8) is 0 Å². The summed E-state index contributed by atoms with van der Waals surface area (Å²) in [5.41, 5.74) is 3.47.